The van der Waals surface area contributed by atoms with Crippen LogP contribution in [0.1, 0.15) is 68.9 Å². The predicted molar refractivity (Wildman–Crippen MR) is 238 cm³/mol. The molecule has 0 unspecified atom stereocenters. The van der Waals surface area contributed by atoms with Gasteiger partial charge >= 0.3 is 0 Å². The first-order chi connectivity index (χ1) is 26.2. The van der Waals surface area contributed by atoms with Crippen molar-refractivity contribution < 1.29 is 9.90 Å². The van der Waals surface area contributed by atoms with E-state index in [9.17, 15) is 9.90 Å². The monoisotopic (exact) mass is 758 g/mol. The molecule has 0 saturated heterocycles. The minimum atomic E-state index is 0.125. The summed E-state index contributed by atoms with van der Waals surface area (Å²) in [5, 5.41) is 17.9. The van der Waals surface area contributed by atoms with Crippen molar-refractivity contribution in [3.63, 3.8) is 0 Å². The maximum atomic E-state index is 10.8. The number of aryl methyl sites for hydroxylation is 2. The largest absolute Gasteiger partial charge is 0.508 e. The fourth-order valence-electron chi connectivity index (χ4n) is 5.14. The number of Topliss-reactive ketones (excluding diaryl/α,β-unsaturated/α-hetero) is 1. The molecule has 6 nitrogen and oxygen atoms in total. The fourth-order valence-corrected chi connectivity index (χ4v) is 7.11. The SMILES string of the molecule is C=CC.CC.CC(=O)c1ccc(C)cc1.CCCCc1cc(-c2nc3ccccc3s2)ccc1NC.CNc1ccc(-c2nc3ccc(O)cc3s2)cc1. The number of allylic oxidation sites excluding steroid dienone is 1. The second-order valence-corrected chi connectivity index (χ2v) is 14.1. The van der Waals surface area contributed by atoms with Crippen LogP contribution in [0.15, 0.2) is 122 Å². The number of unbranched alkanes of at least 4 members (excludes halogenated alkanes) is 1. The van der Waals surface area contributed by atoms with E-state index >= 15 is 0 Å². The van der Waals surface area contributed by atoms with E-state index in [4.69, 9.17) is 4.98 Å². The molecule has 0 fully saturated rings. The van der Waals surface area contributed by atoms with Gasteiger partial charge in [-0.2, -0.15) is 0 Å². The molecular formula is C46H54N4O2S2. The number of phenolic OH excluding ortho intramolecular Hbond substituents is 1. The minimum absolute atomic E-state index is 0.125. The number of nitrogens with one attached hydrogen (secondary N) is 2. The molecule has 0 aliphatic heterocycles. The number of thiazole rings is 2. The molecule has 3 N–H and O–H groups in total. The molecule has 8 heteroatoms. The van der Waals surface area contributed by atoms with Gasteiger partial charge in [0.05, 0.1) is 20.4 Å². The lowest BCUT2D eigenvalue weighted by Crippen LogP contribution is -1.96. The smallest absolute Gasteiger partial charge is 0.159 e. The van der Waals surface area contributed by atoms with E-state index in [-0.39, 0.29) is 11.5 Å². The average molecular weight is 759 g/mol. The summed E-state index contributed by atoms with van der Waals surface area (Å²) in [4.78, 5) is 20.1. The maximum absolute atomic E-state index is 10.8. The molecule has 0 spiro atoms. The molecule has 0 amide bonds. The molecule has 54 heavy (non-hydrogen) atoms. The average Bonchev–Trinajstić information content (AvgIpc) is 3.83. The number of para-hydroxylation sites is 1. The molecule has 0 bridgehead atoms. The molecular weight excluding hydrogens is 705 g/mol. The normalized spacial score (nSPS) is 9.93. The molecule has 0 aliphatic carbocycles. The lowest BCUT2D eigenvalue weighted by molar-refractivity contribution is 0.101. The number of ketones is 1. The van der Waals surface area contributed by atoms with Gasteiger partial charge in [0.1, 0.15) is 15.8 Å². The molecule has 0 aliphatic rings. The Labute approximate surface area is 329 Å². The molecule has 2 aromatic heterocycles. The Morgan fingerprint density at radius 1 is 0.778 bits per heavy atom. The van der Waals surface area contributed by atoms with Crippen LogP contribution in [0.25, 0.3) is 41.6 Å². The maximum Gasteiger partial charge on any atom is 0.159 e. The van der Waals surface area contributed by atoms with Gasteiger partial charge in [0, 0.05) is 42.2 Å². The number of carbonyl (C=O) groups is 1. The van der Waals surface area contributed by atoms with Crippen molar-refractivity contribution in [1.29, 1.82) is 0 Å². The highest BCUT2D eigenvalue weighted by Gasteiger charge is 2.09. The van der Waals surface area contributed by atoms with Gasteiger partial charge in [-0.05, 0) is 112 Å². The van der Waals surface area contributed by atoms with Crippen LogP contribution in [0.2, 0.25) is 0 Å². The second-order valence-electron chi connectivity index (χ2n) is 12.0. The number of anilines is 2. The standard InChI is InChI=1S/C18H20N2S.C14H12N2OS.C9H10O.C3H6.C2H6/c1-3-4-7-13-12-14(10-11-15(13)19-2)18-20-16-8-5-6-9-17(16)21-18;1-15-10-4-2-9(3-5-10)14-16-12-7-6-11(17)8-13(12)18-14;1-7-3-5-9(6-4-7)8(2)10;1-3-2;1-2/h5-6,8-12,19H,3-4,7H2,1-2H3;2-8,15,17H,1H3;3-6H,1-2H3;3H,1H2,2H3;1-2H3. The van der Waals surface area contributed by atoms with E-state index in [1.165, 1.54) is 39.9 Å². The van der Waals surface area contributed by atoms with Gasteiger partial charge in [0.15, 0.2) is 5.78 Å². The zero-order valence-electron chi connectivity index (χ0n) is 32.9. The number of nitrogens with zero attached hydrogens (tertiary/aromatic N) is 2. The quantitative estimate of drug-likeness (QED) is 0.106. The number of benzene rings is 5. The molecule has 0 atom stereocenters. The molecule has 282 valence electrons. The Morgan fingerprint density at radius 2 is 1.37 bits per heavy atom. The van der Waals surface area contributed by atoms with Crippen molar-refractivity contribution >= 4 is 60.3 Å². The highest BCUT2D eigenvalue weighted by Crippen LogP contribution is 2.34. The third kappa shape index (κ3) is 12.7. The van der Waals surface area contributed by atoms with E-state index in [2.05, 4.69) is 65.5 Å². The first kappa shape index (κ1) is 43.1. The Balaban J connectivity index is 0.000000215. The van der Waals surface area contributed by atoms with Crippen LogP contribution in [-0.4, -0.2) is 35.0 Å². The first-order valence-electron chi connectivity index (χ1n) is 18.4. The second kappa shape index (κ2) is 22.7. The topological polar surface area (TPSA) is 87.1 Å². The highest BCUT2D eigenvalue weighted by molar-refractivity contribution is 7.22. The van der Waals surface area contributed by atoms with Gasteiger partial charge in [-0.3, -0.25) is 4.79 Å². The number of aromatic nitrogens is 2. The summed E-state index contributed by atoms with van der Waals surface area (Å²) in [7, 11) is 3.89. The summed E-state index contributed by atoms with van der Waals surface area (Å²) < 4.78 is 2.25. The number of hydrogen-bond donors (Lipinski definition) is 3. The Morgan fingerprint density at radius 3 is 1.96 bits per heavy atom. The van der Waals surface area contributed by atoms with Gasteiger partial charge in [0.25, 0.3) is 0 Å². The number of carbonyl (C=O) groups excluding carboxylic acids is 1. The molecule has 0 saturated carbocycles. The molecule has 7 rings (SSSR count). The predicted octanol–water partition coefficient (Wildman–Crippen LogP) is 13.5. The van der Waals surface area contributed by atoms with E-state index in [0.717, 1.165) is 49.0 Å². The van der Waals surface area contributed by atoms with Gasteiger partial charge in [-0.15, -0.1) is 29.3 Å². The van der Waals surface area contributed by atoms with E-state index < -0.39 is 0 Å². The molecule has 0 radical (unpaired) electrons. The van der Waals surface area contributed by atoms with Crippen molar-refractivity contribution in [2.75, 3.05) is 24.7 Å². The zero-order valence-corrected chi connectivity index (χ0v) is 34.5. The van der Waals surface area contributed by atoms with Crippen molar-refractivity contribution in [3.05, 3.63) is 139 Å². The number of fused-ring (bicyclic) bond motifs is 2. The third-order valence-electron chi connectivity index (χ3n) is 7.97. The Bertz CT molecular complexity index is 2150. The van der Waals surface area contributed by atoms with Crippen molar-refractivity contribution in [2.45, 2.75) is 60.8 Å². The van der Waals surface area contributed by atoms with Crippen molar-refractivity contribution in [2.24, 2.45) is 0 Å². The van der Waals surface area contributed by atoms with Gasteiger partial charge in [-0.25, -0.2) is 9.97 Å². The van der Waals surface area contributed by atoms with Crippen LogP contribution < -0.4 is 10.6 Å². The lowest BCUT2D eigenvalue weighted by atomic mass is 10.0. The first-order valence-corrected chi connectivity index (χ1v) is 20.0. The van der Waals surface area contributed by atoms with E-state index in [0.29, 0.717) is 0 Å². The van der Waals surface area contributed by atoms with Crippen LogP contribution in [0.4, 0.5) is 11.4 Å². The number of rotatable bonds is 8. The molecule has 5 aromatic carbocycles. The molecule has 2 heterocycles. The highest BCUT2D eigenvalue weighted by atomic mass is 32.1. The summed E-state index contributed by atoms with van der Waals surface area (Å²) in [6.45, 7) is 15.1. The fraction of sp³-hybridized carbons (Fsp3) is 0.239. The number of hydrogen-bond acceptors (Lipinski definition) is 8. The Hall–Kier alpha value is -5.31. The number of phenols is 1. The third-order valence-corrected chi connectivity index (χ3v) is 10.1. The van der Waals surface area contributed by atoms with Crippen LogP contribution in [0.3, 0.4) is 0 Å². The van der Waals surface area contributed by atoms with Crippen molar-refractivity contribution in [1.82, 2.24) is 9.97 Å². The van der Waals surface area contributed by atoms with Crippen LogP contribution >= 0.6 is 22.7 Å². The zero-order chi connectivity index (χ0) is 39.5. The van der Waals surface area contributed by atoms with Crippen LogP contribution in [0.5, 0.6) is 5.75 Å². The summed E-state index contributed by atoms with van der Waals surface area (Å²) >= 11 is 3.35. The van der Waals surface area contributed by atoms with E-state index in [1.807, 2.05) is 102 Å². The number of aromatic hydroxyl groups is 1. The summed E-state index contributed by atoms with van der Waals surface area (Å²) in [5.41, 5.74) is 9.99. The summed E-state index contributed by atoms with van der Waals surface area (Å²) in [5.74, 6) is 0.406. The molecule has 7 aromatic rings. The lowest BCUT2D eigenvalue weighted by Gasteiger charge is -2.10. The summed E-state index contributed by atoms with van der Waals surface area (Å²) in [6.07, 6.45) is 5.30. The minimum Gasteiger partial charge on any atom is -0.508 e. The van der Waals surface area contributed by atoms with Gasteiger partial charge in [0.2, 0.25) is 0 Å². The summed E-state index contributed by atoms with van der Waals surface area (Å²) in [6, 6.07) is 35.9. The van der Waals surface area contributed by atoms with E-state index in [1.54, 1.807) is 47.8 Å². The van der Waals surface area contributed by atoms with Crippen molar-refractivity contribution in [3.8, 4) is 26.9 Å². The van der Waals surface area contributed by atoms with Gasteiger partial charge in [-0.1, -0.05) is 75.2 Å². The van der Waals surface area contributed by atoms with Gasteiger partial charge < -0.3 is 15.7 Å². The Kier molecular flexibility index (Phi) is 18.1. The van der Waals surface area contributed by atoms with Crippen LogP contribution in [-0.2, 0) is 6.42 Å². The van der Waals surface area contributed by atoms with Crippen LogP contribution in [0, 0.1) is 6.92 Å².